The van der Waals surface area contributed by atoms with Crippen LogP contribution >= 0.6 is 23.4 Å². The molecule has 1 aliphatic heterocycles. The molecule has 2 aromatic carbocycles. The average molecular weight is 343 g/mol. The molecular weight excluding hydrogens is 328 g/mol. The van der Waals surface area contributed by atoms with Gasteiger partial charge in [0.25, 0.3) is 5.91 Å². The van der Waals surface area contributed by atoms with Crippen molar-refractivity contribution >= 4 is 46.2 Å². The van der Waals surface area contributed by atoms with E-state index in [1.807, 2.05) is 44.2 Å². The Hall–Kier alpha value is -2.04. The van der Waals surface area contributed by atoms with Crippen LogP contribution in [0.15, 0.2) is 47.4 Å². The van der Waals surface area contributed by atoms with E-state index < -0.39 is 0 Å². The lowest BCUT2D eigenvalue weighted by Gasteiger charge is -2.17. The Kier molecular flexibility index (Phi) is 4.28. The summed E-state index contributed by atoms with van der Waals surface area (Å²) in [7, 11) is 0. The summed E-state index contributed by atoms with van der Waals surface area (Å²) in [6.07, 6.45) is 1.79. The first-order valence-electron chi connectivity index (χ1n) is 7.11. The molecule has 1 amide bonds. The molecule has 0 aliphatic carbocycles. The Bertz CT molecular complexity index is 827. The molecule has 1 fully saturated rings. The van der Waals surface area contributed by atoms with Crippen LogP contribution in [0.1, 0.15) is 16.7 Å². The first-order chi connectivity index (χ1) is 11.0. The Morgan fingerprint density at radius 3 is 2.52 bits per heavy atom. The zero-order valence-electron chi connectivity index (χ0n) is 12.8. The molecule has 0 aromatic heterocycles. The molecule has 2 aromatic rings. The van der Waals surface area contributed by atoms with E-state index in [-0.39, 0.29) is 11.1 Å². The summed E-state index contributed by atoms with van der Waals surface area (Å²) in [5, 5.41) is 9.06. The minimum atomic E-state index is -0.163. The number of anilines is 1. The number of hydrogen-bond acceptors (Lipinski definition) is 3. The average Bonchev–Trinajstić information content (AvgIpc) is 2.78. The molecule has 5 heteroatoms. The van der Waals surface area contributed by atoms with Gasteiger partial charge in [0.2, 0.25) is 0 Å². The first kappa shape index (κ1) is 15.8. The molecule has 1 aliphatic rings. The fraction of sp³-hybridized carbons (Fsp3) is 0.111. The molecule has 1 saturated heterocycles. The number of nitrogens with one attached hydrogen (secondary N) is 1. The van der Waals surface area contributed by atoms with Gasteiger partial charge in [-0.15, -0.1) is 0 Å². The molecule has 3 nitrogen and oxygen atoms in total. The standard InChI is InChI=1S/C18H15ClN2OS/c1-11-3-4-12(2)15(9-11)21-17(22)16(23-18(21)20)10-13-5-7-14(19)8-6-13/h3-10,20H,1-2H3/b16-10-,20-18?. The molecule has 0 radical (unpaired) electrons. The van der Waals surface area contributed by atoms with Crippen molar-refractivity contribution in [3.05, 3.63) is 69.1 Å². The van der Waals surface area contributed by atoms with Gasteiger partial charge in [0, 0.05) is 5.02 Å². The maximum atomic E-state index is 12.7. The van der Waals surface area contributed by atoms with Gasteiger partial charge in [-0.25, -0.2) is 0 Å². The number of thioether (sulfide) groups is 1. The number of amidine groups is 1. The SMILES string of the molecule is Cc1ccc(C)c(N2C(=N)S/C(=C\c3ccc(Cl)cc3)C2=O)c1. The summed E-state index contributed by atoms with van der Waals surface area (Å²) >= 11 is 7.06. The summed E-state index contributed by atoms with van der Waals surface area (Å²) in [5.41, 5.74) is 3.70. The van der Waals surface area contributed by atoms with Crippen LogP contribution in [0.5, 0.6) is 0 Å². The molecule has 1 N–H and O–H groups in total. The third-order valence-electron chi connectivity index (χ3n) is 3.60. The van der Waals surface area contributed by atoms with E-state index in [1.165, 1.54) is 16.7 Å². The number of carbonyl (C=O) groups is 1. The fourth-order valence-electron chi connectivity index (χ4n) is 2.38. The number of nitrogens with zero attached hydrogens (tertiary/aromatic N) is 1. The zero-order valence-corrected chi connectivity index (χ0v) is 14.3. The van der Waals surface area contributed by atoms with E-state index >= 15 is 0 Å². The molecule has 0 saturated carbocycles. The Labute approximate surface area is 144 Å². The summed E-state index contributed by atoms with van der Waals surface area (Å²) in [4.78, 5) is 14.7. The highest BCUT2D eigenvalue weighted by Gasteiger charge is 2.34. The zero-order chi connectivity index (χ0) is 16.6. The third kappa shape index (κ3) is 3.19. The lowest BCUT2D eigenvalue weighted by atomic mass is 10.1. The van der Waals surface area contributed by atoms with E-state index in [0.29, 0.717) is 9.93 Å². The number of rotatable bonds is 2. The highest BCUT2D eigenvalue weighted by Crippen LogP contribution is 2.36. The number of halogens is 1. The van der Waals surface area contributed by atoms with E-state index in [1.54, 1.807) is 18.2 Å². The van der Waals surface area contributed by atoms with Crippen molar-refractivity contribution in [2.24, 2.45) is 0 Å². The Balaban J connectivity index is 1.97. The normalized spacial score (nSPS) is 16.5. The van der Waals surface area contributed by atoms with Gasteiger partial charge in [0.1, 0.15) is 0 Å². The van der Waals surface area contributed by atoms with Gasteiger partial charge in [-0.1, -0.05) is 35.9 Å². The van der Waals surface area contributed by atoms with Gasteiger partial charge in [-0.2, -0.15) is 0 Å². The van der Waals surface area contributed by atoms with Gasteiger partial charge in [0.15, 0.2) is 5.17 Å². The summed E-state index contributed by atoms with van der Waals surface area (Å²) in [6.45, 7) is 3.92. The second-order valence-electron chi connectivity index (χ2n) is 5.40. The highest BCUT2D eigenvalue weighted by atomic mass is 35.5. The molecule has 0 bridgehead atoms. The Morgan fingerprint density at radius 1 is 1.13 bits per heavy atom. The van der Waals surface area contributed by atoms with Crippen LogP contribution in [-0.2, 0) is 4.79 Å². The van der Waals surface area contributed by atoms with Crippen molar-refractivity contribution in [3.63, 3.8) is 0 Å². The molecule has 1 heterocycles. The van der Waals surface area contributed by atoms with Crippen molar-refractivity contribution in [1.82, 2.24) is 0 Å². The predicted molar refractivity (Wildman–Crippen MR) is 98.1 cm³/mol. The number of aryl methyl sites for hydroxylation is 2. The summed E-state index contributed by atoms with van der Waals surface area (Å²) in [5.74, 6) is -0.163. The van der Waals surface area contributed by atoms with Crippen LogP contribution in [-0.4, -0.2) is 11.1 Å². The molecule has 0 unspecified atom stereocenters. The van der Waals surface area contributed by atoms with Gasteiger partial charge in [-0.3, -0.25) is 15.1 Å². The van der Waals surface area contributed by atoms with Crippen molar-refractivity contribution < 1.29 is 4.79 Å². The second kappa shape index (κ2) is 6.22. The number of hydrogen-bond donors (Lipinski definition) is 1. The van der Waals surface area contributed by atoms with Gasteiger partial charge < -0.3 is 0 Å². The van der Waals surface area contributed by atoms with E-state index in [0.717, 1.165) is 22.4 Å². The number of amides is 1. The quantitative estimate of drug-likeness (QED) is 0.779. The lowest BCUT2D eigenvalue weighted by molar-refractivity contribution is -0.113. The van der Waals surface area contributed by atoms with Crippen LogP contribution in [0.25, 0.3) is 6.08 Å². The molecule has 3 rings (SSSR count). The van der Waals surface area contributed by atoms with Gasteiger partial charge in [-0.05, 0) is 66.6 Å². The Morgan fingerprint density at radius 2 is 1.83 bits per heavy atom. The first-order valence-corrected chi connectivity index (χ1v) is 8.30. The van der Waals surface area contributed by atoms with Gasteiger partial charge >= 0.3 is 0 Å². The molecule has 0 spiro atoms. The smallest absolute Gasteiger partial charge is 0.271 e. The van der Waals surface area contributed by atoms with Crippen molar-refractivity contribution in [2.45, 2.75) is 13.8 Å². The maximum Gasteiger partial charge on any atom is 0.271 e. The third-order valence-corrected chi connectivity index (χ3v) is 4.74. The van der Waals surface area contributed by atoms with Crippen molar-refractivity contribution in [1.29, 1.82) is 5.41 Å². The largest absolute Gasteiger partial charge is 0.278 e. The number of benzene rings is 2. The van der Waals surface area contributed by atoms with Crippen molar-refractivity contribution in [3.8, 4) is 0 Å². The van der Waals surface area contributed by atoms with Crippen molar-refractivity contribution in [2.75, 3.05) is 4.90 Å². The topological polar surface area (TPSA) is 44.2 Å². The molecule has 23 heavy (non-hydrogen) atoms. The van der Waals surface area contributed by atoms with Crippen LogP contribution in [0.3, 0.4) is 0 Å². The molecule has 0 atom stereocenters. The van der Waals surface area contributed by atoms with Gasteiger partial charge in [0.05, 0.1) is 10.6 Å². The van der Waals surface area contributed by atoms with E-state index in [9.17, 15) is 4.79 Å². The fourth-order valence-corrected chi connectivity index (χ4v) is 3.36. The second-order valence-corrected chi connectivity index (χ2v) is 6.86. The van der Waals surface area contributed by atoms with E-state index in [4.69, 9.17) is 17.0 Å². The minimum absolute atomic E-state index is 0.163. The predicted octanol–water partition coefficient (Wildman–Crippen LogP) is 5.01. The minimum Gasteiger partial charge on any atom is -0.278 e. The highest BCUT2D eigenvalue weighted by molar-refractivity contribution is 8.19. The molecular formula is C18H15ClN2OS. The summed E-state index contributed by atoms with van der Waals surface area (Å²) in [6, 6.07) is 13.2. The molecule has 116 valence electrons. The van der Waals surface area contributed by atoms with Crippen LogP contribution in [0, 0.1) is 19.3 Å². The summed E-state index contributed by atoms with van der Waals surface area (Å²) < 4.78 is 0. The van der Waals surface area contributed by atoms with Crippen LogP contribution in [0.4, 0.5) is 5.69 Å². The van der Waals surface area contributed by atoms with Crippen LogP contribution in [0.2, 0.25) is 5.02 Å². The lowest BCUT2D eigenvalue weighted by Crippen LogP contribution is -2.28. The van der Waals surface area contributed by atoms with Crippen LogP contribution < -0.4 is 4.90 Å². The van der Waals surface area contributed by atoms with E-state index in [2.05, 4.69) is 0 Å². The number of carbonyl (C=O) groups excluding carboxylic acids is 1. The maximum absolute atomic E-state index is 12.7. The monoisotopic (exact) mass is 342 g/mol.